The van der Waals surface area contributed by atoms with E-state index in [-0.39, 0.29) is 26.1 Å². The van der Waals surface area contributed by atoms with Crippen molar-refractivity contribution in [3.63, 3.8) is 0 Å². The molecular formula is C50H88NO8P. The summed E-state index contributed by atoms with van der Waals surface area (Å²) in [5, 5.41) is 0. The fraction of sp³-hybridized carbons (Fsp3) is 0.720. The Balaban J connectivity index is 4.41. The second-order valence-electron chi connectivity index (χ2n) is 16.8. The van der Waals surface area contributed by atoms with Crippen LogP contribution in [0.2, 0.25) is 0 Å². The van der Waals surface area contributed by atoms with Gasteiger partial charge < -0.3 is 27.9 Å². The van der Waals surface area contributed by atoms with Gasteiger partial charge in [0.2, 0.25) is 0 Å². The van der Waals surface area contributed by atoms with Gasteiger partial charge in [-0.25, -0.2) is 0 Å². The number of hydrogen-bond donors (Lipinski definition) is 0. The number of carbonyl (C=O) groups is 2. The van der Waals surface area contributed by atoms with Gasteiger partial charge in [-0.2, -0.15) is 0 Å². The predicted molar refractivity (Wildman–Crippen MR) is 249 cm³/mol. The van der Waals surface area contributed by atoms with E-state index in [9.17, 15) is 19.0 Å². The molecule has 0 aromatic carbocycles. The number of rotatable bonds is 42. The monoisotopic (exact) mass is 862 g/mol. The molecule has 1 unspecified atom stereocenters. The maximum absolute atomic E-state index is 12.7. The Morgan fingerprint density at radius 2 is 0.900 bits per heavy atom. The van der Waals surface area contributed by atoms with Crippen molar-refractivity contribution >= 4 is 19.8 Å². The number of phosphoric acid groups is 1. The van der Waals surface area contributed by atoms with Gasteiger partial charge in [0.05, 0.1) is 27.7 Å². The number of nitrogens with zero attached hydrogens (tertiary/aromatic N) is 1. The number of esters is 2. The average molecular weight is 862 g/mol. The highest BCUT2D eigenvalue weighted by Gasteiger charge is 2.21. The van der Waals surface area contributed by atoms with Crippen molar-refractivity contribution in [2.45, 2.75) is 187 Å². The standard InChI is InChI=1S/C50H88NO8P/c1-6-8-10-12-14-16-18-20-22-24-25-27-29-31-33-35-37-39-41-43-50(53)59-48(47-58-60(54,55)57-45-44-51(3,4)5)46-56-49(52)42-40-38-36-34-32-30-28-26-23-21-19-17-15-13-11-9-7-2/h14-17,20-23,25,27,31,33,48H,6-13,18-19,24,26,28-30,32,34-47H2,1-5H3/b16-14-,17-15-,22-20-,23-21-,27-25-,33-31-/t48-/m1/s1. The van der Waals surface area contributed by atoms with Crippen LogP contribution in [0, 0.1) is 0 Å². The van der Waals surface area contributed by atoms with Crippen LogP contribution in [0.15, 0.2) is 72.9 Å². The number of phosphoric ester groups is 1. The van der Waals surface area contributed by atoms with Crippen LogP contribution in [-0.2, 0) is 32.7 Å². The van der Waals surface area contributed by atoms with Crippen molar-refractivity contribution in [3.05, 3.63) is 72.9 Å². The zero-order valence-corrected chi connectivity index (χ0v) is 39.8. The fourth-order valence-corrected chi connectivity index (χ4v) is 6.69. The van der Waals surface area contributed by atoms with E-state index in [0.29, 0.717) is 23.9 Å². The molecule has 0 rings (SSSR count). The molecule has 0 bridgehead atoms. The van der Waals surface area contributed by atoms with Crippen LogP contribution in [0.5, 0.6) is 0 Å². The van der Waals surface area contributed by atoms with Crippen LogP contribution in [0.3, 0.4) is 0 Å². The van der Waals surface area contributed by atoms with E-state index in [4.69, 9.17) is 18.5 Å². The second kappa shape index (κ2) is 41.8. The van der Waals surface area contributed by atoms with E-state index < -0.39 is 32.5 Å². The highest BCUT2D eigenvalue weighted by atomic mass is 31.2. The molecule has 0 aliphatic rings. The first-order valence-corrected chi connectivity index (χ1v) is 25.1. The number of unbranched alkanes of at least 4 members (excludes halogenated alkanes) is 16. The Hall–Kier alpha value is -2.55. The van der Waals surface area contributed by atoms with Gasteiger partial charge in [-0.1, -0.05) is 151 Å². The number of allylic oxidation sites excluding steroid dienone is 12. The third kappa shape index (κ3) is 45.0. The highest BCUT2D eigenvalue weighted by Crippen LogP contribution is 2.38. The summed E-state index contributed by atoms with van der Waals surface area (Å²) >= 11 is 0. The summed E-state index contributed by atoms with van der Waals surface area (Å²) in [6, 6.07) is 0. The van der Waals surface area contributed by atoms with Crippen molar-refractivity contribution < 1.29 is 42.1 Å². The van der Waals surface area contributed by atoms with E-state index in [1.54, 1.807) is 0 Å². The molecule has 0 aromatic rings. The molecule has 60 heavy (non-hydrogen) atoms. The first kappa shape index (κ1) is 57.4. The Kier molecular flexibility index (Phi) is 40.0. The minimum atomic E-state index is -4.64. The maximum atomic E-state index is 12.7. The minimum Gasteiger partial charge on any atom is -0.756 e. The third-order valence-corrected chi connectivity index (χ3v) is 10.7. The van der Waals surface area contributed by atoms with Crippen LogP contribution in [0.25, 0.3) is 0 Å². The number of ether oxygens (including phenoxy) is 2. The summed E-state index contributed by atoms with van der Waals surface area (Å²) in [5.74, 6) is -0.884. The molecule has 0 radical (unpaired) electrons. The van der Waals surface area contributed by atoms with Gasteiger partial charge in [-0.15, -0.1) is 0 Å². The van der Waals surface area contributed by atoms with Crippen molar-refractivity contribution in [1.29, 1.82) is 0 Å². The summed E-state index contributed by atoms with van der Waals surface area (Å²) in [4.78, 5) is 37.6. The molecule has 0 amide bonds. The largest absolute Gasteiger partial charge is 0.756 e. The van der Waals surface area contributed by atoms with Gasteiger partial charge in [-0.05, 0) is 89.9 Å². The predicted octanol–water partition coefficient (Wildman–Crippen LogP) is 13.2. The normalized spacial score (nSPS) is 14.2. The number of hydrogen-bond acceptors (Lipinski definition) is 8. The highest BCUT2D eigenvalue weighted by molar-refractivity contribution is 7.45. The molecular weight excluding hydrogens is 774 g/mol. The Morgan fingerprint density at radius 3 is 1.35 bits per heavy atom. The average Bonchev–Trinajstić information content (AvgIpc) is 3.20. The van der Waals surface area contributed by atoms with Gasteiger partial charge in [-0.3, -0.25) is 14.2 Å². The summed E-state index contributed by atoms with van der Waals surface area (Å²) in [6.45, 7) is 4.12. The molecule has 2 atom stereocenters. The van der Waals surface area contributed by atoms with Crippen LogP contribution in [0.1, 0.15) is 181 Å². The first-order valence-electron chi connectivity index (χ1n) is 23.6. The molecule has 0 heterocycles. The summed E-state index contributed by atoms with van der Waals surface area (Å²) in [5.41, 5.74) is 0. The van der Waals surface area contributed by atoms with Crippen LogP contribution >= 0.6 is 7.82 Å². The van der Waals surface area contributed by atoms with Gasteiger partial charge in [0, 0.05) is 12.8 Å². The smallest absolute Gasteiger partial charge is 0.306 e. The molecule has 0 aromatic heterocycles. The number of quaternary nitrogens is 1. The van der Waals surface area contributed by atoms with Crippen molar-refractivity contribution in [2.24, 2.45) is 0 Å². The van der Waals surface area contributed by atoms with Crippen molar-refractivity contribution in [1.82, 2.24) is 0 Å². The van der Waals surface area contributed by atoms with Crippen LogP contribution in [-0.4, -0.2) is 70.0 Å². The molecule has 0 N–H and O–H groups in total. The molecule has 0 aliphatic heterocycles. The lowest BCUT2D eigenvalue weighted by molar-refractivity contribution is -0.870. The van der Waals surface area contributed by atoms with Gasteiger partial charge in [0.25, 0.3) is 7.82 Å². The molecule has 0 saturated heterocycles. The van der Waals surface area contributed by atoms with E-state index in [1.165, 1.54) is 70.6 Å². The lowest BCUT2D eigenvalue weighted by Crippen LogP contribution is -2.37. The van der Waals surface area contributed by atoms with Gasteiger partial charge in [0.15, 0.2) is 6.10 Å². The van der Waals surface area contributed by atoms with Crippen molar-refractivity contribution in [2.75, 3.05) is 47.5 Å². The Labute approximate surface area is 368 Å². The Bertz CT molecular complexity index is 1250. The molecule has 0 spiro atoms. The van der Waals surface area contributed by atoms with Crippen molar-refractivity contribution in [3.8, 4) is 0 Å². The van der Waals surface area contributed by atoms with E-state index in [0.717, 1.165) is 70.6 Å². The fourth-order valence-electron chi connectivity index (χ4n) is 5.96. The topological polar surface area (TPSA) is 111 Å². The van der Waals surface area contributed by atoms with E-state index in [1.807, 2.05) is 21.1 Å². The molecule has 346 valence electrons. The van der Waals surface area contributed by atoms with Gasteiger partial charge >= 0.3 is 11.9 Å². The zero-order valence-electron chi connectivity index (χ0n) is 38.9. The SMILES string of the molecule is CCCCC/C=C\C/C=C\C/C=C\C/C=C\CCCCCC(=O)O[C@H](COC(=O)CCCCCCCCC/C=C\C/C=C\CCCCC)COP(=O)([O-])OCC[N+](C)(C)C. The Morgan fingerprint density at radius 1 is 0.517 bits per heavy atom. The lowest BCUT2D eigenvalue weighted by atomic mass is 10.1. The molecule has 10 heteroatoms. The van der Waals surface area contributed by atoms with Crippen LogP contribution < -0.4 is 4.89 Å². The second-order valence-corrected chi connectivity index (χ2v) is 18.2. The van der Waals surface area contributed by atoms with Crippen LogP contribution in [0.4, 0.5) is 0 Å². The van der Waals surface area contributed by atoms with Gasteiger partial charge in [0.1, 0.15) is 19.8 Å². The summed E-state index contributed by atoms with van der Waals surface area (Å²) < 4.78 is 33.9. The third-order valence-electron chi connectivity index (χ3n) is 9.70. The molecule has 0 saturated carbocycles. The quantitative estimate of drug-likeness (QED) is 0.0196. The molecule has 0 fully saturated rings. The number of carbonyl (C=O) groups excluding carboxylic acids is 2. The minimum absolute atomic E-state index is 0.0422. The lowest BCUT2D eigenvalue weighted by Gasteiger charge is -2.28. The zero-order chi connectivity index (χ0) is 44.3. The molecule has 0 aliphatic carbocycles. The maximum Gasteiger partial charge on any atom is 0.306 e. The molecule has 9 nitrogen and oxygen atoms in total. The summed E-state index contributed by atoms with van der Waals surface area (Å²) in [6.07, 6.45) is 52.1. The summed E-state index contributed by atoms with van der Waals surface area (Å²) in [7, 11) is 1.13. The first-order chi connectivity index (χ1) is 29.0. The van der Waals surface area contributed by atoms with E-state index >= 15 is 0 Å². The van der Waals surface area contributed by atoms with E-state index in [2.05, 4.69) is 86.8 Å². The number of likely N-dealkylation sites (N-methyl/N-ethyl adjacent to an activating group) is 1.